The number of hydrogen-bond donors (Lipinski definition) is 3. The van der Waals surface area contributed by atoms with Crippen LogP contribution < -0.4 is 4.74 Å². The molecule has 4 heteroatoms. The Morgan fingerprint density at radius 1 is 1.36 bits per heavy atom. The molecule has 0 bridgehead atoms. The summed E-state index contributed by atoms with van der Waals surface area (Å²) in [6.45, 7) is 1.74. The fourth-order valence-electron chi connectivity index (χ4n) is 1.58. The minimum Gasteiger partial charge on any atom is -0.508 e. The molecule has 3 N–H and O–H groups in total. The van der Waals surface area contributed by atoms with Crippen LogP contribution in [-0.4, -0.2) is 27.5 Å². The summed E-state index contributed by atoms with van der Waals surface area (Å²) in [6.07, 6.45) is -0.579. The summed E-state index contributed by atoms with van der Waals surface area (Å²) in [5.74, 6) is 0.371. The molecule has 1 aliphatic heterocycles. The highest BCUT2D eigenvalue weighted by Crippen LogP contribution is 2.37. The molecule has 0 amide bonds. The van der Waals surface area contributed by atoms with Crippen LogP contribution in [0.4, 0.5) is 0 Å². The molecular formula is C10H12O4. The molecule has 0 spiro atoms. The van der Waals surface area contributed by atoms with Crippen molar-refractivity contribution in [3.8, 4) is 17.2 Å². The van der Waals surface area contributed by atoms with E-state index < -0.39 is 6.10 Å². The van der Waals surface area contributed by atoms with Crippen LogP contribution in [-0.2, 0) is 6.42 Å². The average Bonchev–Trinajstić information content (AvgIpc) is 2.08. The zero-order valence-corrected chi connectivity index (χ0v) is 7.77. The molecule has 2 unspecified atom stereocenters. The highest BCUT2D eigenvalue weighted by atomic mass is 16.5. The number of benzene rings is 1. The number of aliphatic hydroxyl groups is 1. The molecule has 1 aromatic rings. The fourth-order valence-corrected chi connectivity index (χ4v) is 1.58. The second kappa shape index (κ2) is 3.06. The third kappa shape index (κ3) is 1.37. The van der Waals surface area contributed by atoms with E-state index in [9.17, 15) is 15.3 Å². The second-order valence-corrected chi connectivity index (χ2v) is 3.54. The lowest BCUT2D eigenvalue weighted by Gasteiger charge is -2.28. The van der Waals surface area contributed by atoms with Crippen LogP contribution in [0.15, 0.2) is 12.1 Å². The predicted molar refractivity (Wildman–Crippen MR) is 49.6 cm³/mol. The predicted octanol–water partition coefficient (Wildman–Crippen LogP) is 0.782. The molecule has 2 atom stereocenters. The van der Waals surface area contributed by atoms with Crippen LogP contribution in [0.3, 0.4) is 0 Å². The van der Waals surface area contributed by atoms with Crippen LogP contribution in [0, 0.1) is 0 Å². The van der Waals surface area contributed by atoms with E-state index in [2.05, 4.69) is 0 Å². The maximum atomic E-state index is 9.52. The molecule has 0 saturated heterocycles. The zero-order chi connectivity index (χ0) is 10.3. The molecule has 0 aromatic heterocycles. The monoisotopic (exact) mass is 196 g/mol. The van der Waals surface area contributed by atoms with Gasteiger partial charge in [-0.1, -0.05) is 0 Å². The standard InChI is InChI=1S/C10H12O4/c1-5-8(12)4-7-9(13)2-6(11)3-10(7)14-5/h2-3,5,8,11-13H,4H2,1H3. The maximum Gasteiger partial charge on any atom is 0.130 e. The van der Waals surface area contributed by atoms with Crippen molar-refractivity contribution in [1.29, 1.82) is 0 Å². The molecule has 4 nitrogen and oxygen atoms in total. The van der Waals surface area contributed by atoms with Gasteiger partial charge in [0.1, 0.15) is 23.4 Å². The minimum atomic E-state index is -0.613. The Hall–Kier alpha value is -1.42. The largest absolute Gasteiger partial charge is 0.508 e. The number of fused-ring (bicyclic) bond motifs is 1. The minimum absolute atomic E-state index is 0.0362. The summed E-state index contributed by atoms with van der Waals surface area (Å²) < 4.78 is 5.34. The Bertz CT molecular complexity index is 361. The van der Waals surface area contributed by atoms with Crippen molar-refractivity contribution < 1.29 is 20.1 Å². The van der Waals surface area contributed by atoms with Gasteiger partial charge in [0.05, 0.1) is 6.10 Å². The van der Waals surface area contributed by atoms with Crippen molar-refractivity contribution in [1.82, 2.24) is 0 Å². The van der Waals surface area contributed by atoms with E-state index in [0.29, 0.717) is 17.7 Å². The van der Waals surface area contributed by atoms with Gasteiger partial charge in [-0.05, 0) is 6.92 Å². The maximum absolute atomic E-state index is 9.52. The molecule has 0 aliphatic carbocycles. The van der Waals surface area contributed by atoms with Gasteiger partial charge in [-0.3, -0.25) is 0 Å². The fraction of sp³-hybridized carbons (Fsp3) is 0.400. The number of phenols is 2. The molecule has 0 fully saturated rings. The van der Waals surface area contributed by atoms with E-state index in [1.165, 1.54) is 12.1 Å². The van der Waals surface area contributed by atoms with E-state index in [1.807, 2.05) is 0 Å². The van der Waals surface area contributed by atoms with Crippen molar-refractivity contribution in [2.24, 2.45) is 0 Å². The third-order valence-corrected chi connectivity index (χ3v) is 2.44. The van der Waals surface area contributed by atoms with Gasteiger partial charge in [0.15, 0.2) is 0 Å². The summed E-state index contributed by atoms with van der Waals surface area (Å²) in [6, 6.07) is 2.68. The lowest BCUT2D eigenvalue weighted by Crippen LogP contribution is -2.34. The molecular weight excluding hydrogens is 184 g/mol. The van der Waals surface area contributed by atoms with Gasteiger partial charge in [-0.25, -0.2) is 0 Å². The van der Waals surface area contributed by atoms with Crippen molar-refractivity contribution >= 4 is 0 Å². The molecule has 76 valence electrons. The number of phenolic OH excluding ortho intramolecular Hbond substituents is 2. The smallest absolute Gasteiger partial charge is 0.130 e. The molecule has 14 heavy (non-hydrogen) atoms. The highest BCUT2D eigenvalue weighted by molar-refractivity contribution is 5.50. The Morgan fingerprint density at radius 3 is 2.79 bits per heavy atom. The number of rotatable bonds is 0. The second-order valence-electron chi connectivity index (χ2n) is 3.54. The van der Waals surface area contributed by atoms with Gasteiger partial charge in [0.25, 0.3) is 0 Å². The van der Waals surface area contributed by atoms with E-state index in [-0.39, 0.29) is 17.6 Å². The van der Waals surface area contributed by atoms with Gasteiger partial charge in [0, 0.05) is 24.1 Å². The highest BCUT2D eigenvalue weighted by Gasteiger charge is 2.27. The molecule has 0 saturated carbocycles. The number of hydrogen-bond acceptors (Lipinski definition) is 4. The van der Waals surface area contributed by atoms with Gasteiger partial charge >= 0.3 is 0 Å². The van der Waals surface area contributed by atoms with Gasteiger partial charge in [-0.2, -0.15) is 0 Å². The van der Waals surface area contributed by atoms with Crippen molar-refractivity contribution in [2.45, 2.75) is 25.6 Å². The van der Waals surface area contributed by atoms with E-state index in [4.69, 9.17) is 4.74 Å². The SMILES string of the molecule is CC1Oc2cc(O)cc(O)c2CC1O. The van der Waals surface area contributed by atoms with Gasteiger partial charge < -0.3 is 20.1 Å². The van der Waals surface area contributed by atoms with Gasteiger partial charge in [-0.15, -0.1) is 0 Å². The van der Waals surface area contributed by atoms with Crippen LogP contribution in [0.1, 0.15) is 12.5 Å². The quantitative estimate of drug-likeness (QED) is 0.573. The molecule has 0 radical (unpaired) electrons. The Kier molecular flexibility index (Phi) is 2.00. The topological polar surface area (TPSA) is 69.9 Å². The van der Waals surface area contributed by atoms with Crippen molar-refractivity contribution in [3.05, 3.63) is 17.7 Å². The van der Waals surface area contributed by atoms with E-state index in [0.717, 1.165) is 0 Å². The van der Waals surface area contributed by atoms with Crippen LogP contribution in [0.2, 0.25) is 0 Å². The van der Waals surface area contributed by atoms with Crippen molar-refractivity contribution in [2.75, 3.05) is 0 Å². The molecule has 1 aromatic carbocycles. The van der Waals surface area contributed by atoms with Crippen molar-refractivity contribution in [3.63, 3.8) is 0 Å². The van der Waals surface area contributed by atoms with E-state index in [1.54, 1.807) is 6.92 Å². The molecule has 2 rings (SSSR count). The summed E-state index contributed by atoms with van der Waals surface area (Å²) in [5, 5.41) is 28.2. The first-order chi connectivity index (χ1) is 6.58. The van der Waals surface area contributed by atoms with Crippen LogP contribution >= 0.6 is 0 Å². The first kappa shape index (κ1) is 9.15. The first-order valence-electron chi connectivity index (χ1n) is 4.47. The Labute approximate surface area is 81.4 Å². The lowest BCUT2D eigenvalue weighted by atomic mass is 9.99. The first-order valence-corrected chi connectivity index (χ1v) is 4.47. The normalized spacial score (nSPS) is 25.3. The number of ether oxygens (including phenoxy) is 1. The molecule has 1 heterocycles. The zero-order valence-electron chi connectivity index (χ0n) is 7.77. The average molecular weight is 196 g/mol. The van der Waals surface area contributed by atoms with Gasteiger partial charge in [0.2, 0.25) is 0 Å². The van der Waals surface area contributed by atoms with Crippen LogP contribution in [0.5, 0.6) is 17.2 Å². The number of aromatic hydroxyl groups is 2. The van der Waals surface area contributed by atoms with Crippen LogP contribution in [0.25, 0.3) is 0 Å². The summed E-state index contributed by atoms with van der Waals surface area (Å²) >= 11 is 0. The van der Waals surface area contributed by atoms with E-state index >= 15 is 0 Å². The number of aliphatic hydroxyl groups excluding tert-OH is 1. The third-order valence-electron chi connectivity index (χ3n) is 2.44. The lowest BCUT2D eigenvalue weighted by molar-refractivity contribution is 0.0318. The summed E-state index contributed by atoms with van der Waals surface area (Å²) in [5.41, 5.74) is 0.549. The summed E-state index contributed by atoms with van der Waals surface area (Å²) in [4.78, 5) is 0. The Balaban J connectivity index is 2.46. The molecule has 1 aliphatic rings. The summed E-state index contributed by atoms with van der Waals surface area (Å²) in [7, 11) is 0. The Morgan fingerprint density at radius 2 is 2.07 bits per heavy atom.